The highest BCUT2D eigenvalue weighted by atomic mass is 16.7. The highest BCUT2D eigenvalue weighted by molar-refractivity contribution is 5.86. The molecule has 0 spiro atoms. The van der Waals surface area contributed by atoms with Gasteiger partial charge in [-0.2, -0.15) is 0 Å². The fourth-order valence-electron chi connectivity index (χ4n) is 2.86. The first kappa shape index (κ1) is 14.6. The summed E-state index contributed by atoms with van der Waals surface area (Å²) < 4.78 is 0. The average molecular weight is 295 g/mol. The van der Waals surface area contributed by atoms with Crippen LogP contribution in [0.4, 0.5) is 0 Å². The van der Waals surface area contributed by atoms with Gasteiger partial charge in [0.15, 0.2) is 5.60 Å². The molecule has 114 valence electrons. The van der Waals surface area contributed by atoms with E-state index < -0.39 is 0 Å². The zero-order valence-electron chi connectivity index (χ0n) is 12.8. The molecule has 1 unspecified atom stereocenters. The standard InChI is InChI=1S/C19H21NO2/c1-19(16-7-3-2-4-8-16)14-17(20-22-19)9-5-6-15-10-12-18(21)13-11-15/h2-4,7-8,10-13,21H,5-6,9,14H2,1H3. The van der Waals surface area contributed by atoms with Gasteiger partial charge in [-0.3, -0.25) is 0 Å². The molecule has 0 amide bonds. The van der Waals surface area contributed by atoms with Crippen molar-refractivity contribution in [3.05, 3.63) is 65.7 Å². The Kier molecular flexibility index (Phi) is 4.14. The van der Waals surface area contributed by atoms with Gasteiger partial charge in [0, 0.05) is 6.42 Å². The Bertz CT molecular complexity index is 649. The molecule has 1 aliphatic heterocycles. The number of hydrogen-bond acceptors (Lipinski definition) is 3. The normalized spacial score (nSPS) is 20.5. The maximum atomic E-state index is 9.28. The van der Waals surface area contributed by atoms with Crippen LogP contribution < -0.4 is 0 Å². The Labute approximate surface area is 131 Å². The highest BCUT2D eigenvalue weighted by Gasteiger charge is 2.35. The number of aromatic hydroxyl groups is 1. The number of phenolic OH excluding ortho intramolecular Hbond substituents is 1. The van der Waals surface area contributed by atoms with Gasteiger partial charge in [-0.15, -0.1) is 0 Å². The molecule has 0 aromatic heterocycles. The van der Waals surface area contributed by atoms with Gasteiger partial charge in [0.1, 0.15) is 5.75 Å². The molecule has 1 atom stereocenters. The van der Waals surface area contributed by atoms with Gasteiger partial charge in [0.2, 0.25) is 0 Å². The minimum atomic E-state index is -0.324. The molecule has 1 N–H and O–H groups in total. The van der Waals surface area contributed by atoms with E-state index in [4.69, 9.17) is 4.84 Å². The van der Waals surface area contributed by atoms with E-state index in [9.17, 15) is 5.11 Å². The SMILES string of the molecule is CC1(c2ccccc2)CC(CCCc2ccc(O)cc2)=NO1. The third-order valence-corrected chi connectivity index (χ3v) is 4.17. The van der Waals surface area contributed by atoms with E-state index in [0.717, 1.165) is 31.4 Å². The Morgan fingerprint density at radius 3 is 2.50 bits per heavy atom. The molecule has 3 rings (SSSR count). The molecule has 0 fully saturated rings. The van der Waals surface area contributed by atoms with Crippen LogP contribution >= 0.6 is 0 Å². The number of hydrogen-bond donors (Lipinski definition) is 1. The van der Waals surface area contributed by atoms with Crippen LogP contribution in [-0.2, 0) is 16.9 Å². The van der Waals surface area contributed by atoms with E-state index in [0.29, 0.717) is 5.75 Å². The summed E-state index contributed by atoms with van der Waals surface area (Å²) in [5.41, 5.74) is 3.22. The molecule has 2 aromatic carbocycles. The first-order valence-electron chi connectivity index (χ1n) is 7.73. The van der Waals surface area contributed by atoms with Crippen molar-refractivity contribution in [1.82, 2.24) is 0 Å². The summed E-state index contributed by atoms with van der Waals surface area (Å²) in [6, 6.07) is 17.7. The van der Waals surface area contributed by atoms with Crippen LogP contribution in [-0.4, -0.2) is 10.8 Å². The summed E-state index contributed by atoms with van der Waals surface area (Å²) in [7, 11) is 0. The third kappa shape index (κ3) is 3.30. The van der Waals surface area contributed by atoms with Crippen LogP contribution in [0.25, 0.3) is 0 Å². The van der Waals surface area contributed by atoms with Crippen molar-refractivity contribution in [2.75, 3.05) is 0 Å². The highest BCUT2D eigenvalue weighted by Crippen LogP contribution is 2.35. The van der Waals surface area contributed by atoms with Crippen LogP contribution in [0.3, 0.4) is 0 Å². The molecular weight excluding hydrogens is 274 g/mol. The summed E-state index contributed by atoms with van der Waals surface area (Å²) in [5, 5.41) is 13.6. The molecular formula is C19H21NO2. The Morgan fingerprint density at radius 1 is 1.05 bits per heavy atom. The van der Waals surface area contributed by atoms with Gasteiger partial charge < -0.3 is 9.94 Å². The average Bonchev–Trinajstić information content (AvgIpc) is 2.93. The van der Waals surface area contributed by atoms with Crippen molar-refractivity contribution in [3.8, 4) is 5.75 Å². The van der Waals surface area contributed by atoms with Crippen molar-refractivity contribution < 1.29 is 9.94 Å². The van der Waals surface area contributed by atoms with Crippen LogP contribution in [0.15, 0.2) is 59.8 Å². The van der Waals surface area contributed by atoms with Gasteiger partial charge in [-0.05, 0) is 49.4 Å². The third-order valence-electron chi connectivity index (χ3n) is 4.17. The first-order chi connectivity index (χ1) is 10.7. The first-order valence-corrected chi connectivity index (χ1v) is 7.73. The number of oxime groups is 1. The predicted octanol–water partition coefficient (Wildman–Crippen LogP) is 4.41. The molecule has 22 heavy (non-hydrogen) atoms. The fraction of sp³-hybridized carbons (Fsp3) is 0.316. The van der Waals surface area contributed by atoms with Gasteiger partial charge in [-0.1, -0.05) is 47.6 Å². The maximum Gasteiger partial charge on any atom is 0.165 e. The van der Waals surface area contributed by atoms with E-state index in [1.54, 1.807) is 12.1 Å². The molecule has 2 aromatic rings. The second kappa shape index (κ2) is 6.22. The maximum absolute atomic E-state index is 9.28. The minimum Gasteiger partial charge on any atom is -0.508 e. The van der Waals surface area contributed by atoms with E-state index in [1.807, 2.05) is 30.3 Å². The van der Waals surface area contributed by atoms with Crippen molar-refractivity contribution >= 4 is 5.71 Å². The molecule has 1 aliphatic rings. The second-order valence-electron chi connectivity index (χ2n) is 6.04. The molecule has 0 aliphatic carbocycles. The van der Waals surface area contributed by atoms with Crippen LogP contribution in [0, 0.1) is 0 Å². The predicted molar refractivity (Wildman–Crippen MR) is 88.0 cm³/mol. The zero-order chi connectivity index (χ0) is 15.4. The molecule has 0 bridgehead atoms. The molecule has 0 radical (unpaired) electrons. The number of aryl methyl sites for hydroxylation is 1. The molecule has 1 heterocycles. The van der Waals surface area contributed by atoms with Gasteiger partial charge in [0.05, 0.1) is 5.71 Å². The summed E-state index contributed by atoms with van der Waals surface area (Å²) >= 11 is 0. The van der Waals surface area contributed by atoms with Crippen LogP contribution in [0.1, 0.15) is 37.3 Å². The van der Waals surface area contributed by atoms with E-state index in [1.165, 1.54) is 11.1 Å². The number of phenols is 1. The lowest BCUT2D eigenvalue weighted by molar-refractivity contribution is -0.00738. The summed E-state index contributed by atoms with van der Waals surface area (Å²) in [4.78, 5) is 5.71. The number of benzene rings is 2. The molecule has 3 nitrogen and oxygen atoms in total. The molecule has 0 saturated heterocycles. The van der Waals surface area contributed by atoms with E-state index in [-0.39, 0.29) is 5.60 Å². The lowest BCUT2D eigenvalue weighted by Crippen LogP contribution is -2.21. The second-order valence-corrected chi connectivity index (χ2v) is 6.04. The lowest BCUT2D eigenvalue weighted by atomic mass is 9.89. The smallest absolute Gasteiger partial charge is 0.165 e. The monoisotopic (exact) mass is 295 g/mol. The summed E-state index contributed by atoms with van der Waals surface area (Å²) in [6.07, 6.45) is 3.83. The van der Waals surface area contributed by atoms with Crippen LogP contribution in [0.2, 0.25) is 0 Å². The van der Waals surface area contributed by atoms with E-state index in [2.05, 4.69) is 24.2 Å². The number of nitrogens with zero attached hydrogens (tertiary/aromatic N) is 1. The quantitative estimate of drug-likeness (QED) is 0.888. The summed E-state index contributed by atoms with van der Waals surface area (Å²) in [6.45, 7) is 2.10. The van der Waals surface area contributed by atoms with Crippen molar-refractivity contribution in [2.45, 2.75) is 38.2 Å². The molecule has 3 heteroatoms. The van der Waals surface area contributed by atoms with E-state index >= 15 is 0 Å². The van der Waals surface area contributed by atoms with Crippen molar-refractivity contribution in [1.29, 1.82) is 0 Å². The zero-order valence-corrected chi connectivity index (χ0v) is 12.8. The summed E-state index contributed by atoms with van der Waals surface area (Å²) in [5.74, 6) is 0.316. The number of rotatable bonds is 5. The Balaban J connectivity index is 1.52. The largest absolute Gasteiger partial charge is 0.508 e. The Hall–Kier alpha value is -2.29. The topological polar surface area (TPSA) is 41.8 Å². The van der Waals surface area contributed by atoms with Gasteiger partial charge >= 0.3 is 0 Å². The van der Waals surface area contributed by atoms with Crippen LogP contribution in [0.5, 0.6) is 5.75 Å². The minimum absolute atomic E-state index is 0.316. The van der Waals surface area contributed by atoms with Crippen molar-refractivity contribution in [2.24, 2.45) is 5.16 Å². The van der Waals surface area contributed by atoms with Gasteiger partial charge in [-0.25, -0.2) is 0 Å². The lowest BCUT2D eigenvalue weighted by Gasteiger charge is -2.21. The molecule has 0 saturated carbocycles. The fourth-order valence-corrected chi connectivity index (χ4v) is 2.86. The Morgan fingerprint density at radius 2 is 1.77 bits per heavy atom. The van der Waals surface area contributed by atoms with Gasteiger partial charge in [0.25, 0.3) is 0 Å². The van der Waals surface area contributed by atoms with Crippen molar-refractivity contribution in [3.63, 3.8) is 0 Å².